The first-order valence-electron chi connectivity index (χ1n) is 9.84. The van der Waals surface area contributed by atoms with Gasteiger partial charge in [-0.1, -0.05) is 18.2 Å². The third-order valence-corrected chi connectivity index (χ3v) is 5.62. The summed E-state index contributed by atoms with van der Waals surface area (Å²) in [5, 5.41) is 20.3. The van der Waals surface area contributed by atoms with Crippen molar-refractivity contribution in [1.29, 1.82) is 0 Å². The van der Waals surface area contributed by atoms with Crippen LogP contribution in [0, 0.1) is 23.0 Å². The summed E-state index contributed by atoms with van der Waals surface area (Å²) in [6, 6.07) is 12.4. The van der Waals surface area contributed by atoms with E-state index in [1.54, 1.807) is 24.9 Å². The van der Waals surface area contributed by atoms with E-state index in [4.69, 9.17) is 5.11 Å². The maximum Gasteiger partial charge on any atom is 0.306 e. The normalized spacial score (nSPS) is 14.4. The lowest BCUT2D eigenvalue weighted by Crippen LogP contribution is -2.36. The van der Waals surface area contributed by atoms with Crippen LogP contribution in [0.1, 0.15) is 34.3 Å². The number of rotatable bonds is 6. The van der Waals surface area contributed by atoms with E-state index in [0.717, 1.165) is 11.3 Å². The molecular weight excluding hydrogens is 386 g/mol. The van der Waals surface area contributed by atoms with Crippen molar-refractivity contribution in [2.24, 2.45) is 5.92 Å². The Hall–Kier alpha value is -3.42. The van der Waals surface area contributed by atoms with E-state index in [0.29, 0.717) is 43.6 Å². The Morgan fingerprint density at radius 2 is 1.87 bits per heavy atom. The summed E-state index contributed by atoms with van der Waals surface area (Å²) < 4.78 is 0. The third kappa shape index (κ3) is 4.59. The fourth-order valence-corrected chi connectivity index (χ4v) is 3.84. The molecule has 3 rings (SSSR count). The van der Waals surface area contributed by atoms with E-state index < -0.39 is 10.9 Å². The summed E-state index contributed by atoms with van der Waals surface area (Å²) in [6.07, 6.45) is 1.23. The molecule has 1 heterocycles. The van der Waals surface area contributed by atoms with Crippen LogP contribution in [0.2, 0.25) is 0 Å². The number of carboxylic acid groups (broad SMARTS) is 1. The minimum absolute atomic E-state index is 0.0685. The number of carboxylic acids is 1. The van der Waals surface area contributed by atoms with E-state index in [2.05, 4.69) is 4.90 Å². The summed E-state index contributed by atoms with van der Waals surface area (Å²) in [7, 11) is 1.67. The second kappa shape index (κ2) is 8.94. The lowest BCUT2D eigenvalue weighted by molar-refractivity contribution is -0.385. The molecule has 30 heavy (non-hydrogen) atoms. The predicted molar refractivity (Wildman–Crippen MR) is 113 cm³/mol. The van der Waals surface area contributed by atoms with Crippen molar-refractivity contribution in [3.05, 3.63) is 69.3 Å². The van der Waals surface area contributed by atoms with Gasteiger partial charge in [-0.3, -0.25) is 19.7 Å². The van der Waals surface area contributed by atoms with Crippen LogP contribution in [0.3, 0.4) is 0 Å². The van der Waals surface area contributed by atoms with Crippen molar-refractivity contribution in [2.45, 2.75) is 26.3 Å². The largest absolute Gasteiger partial charge is 0.481 e. The molecule has 0 atom stereocenters. The van der Waals surface area contributed by atoms with Gasteiger partial charge in [-0.25, -0.2) is 0 Å². The second-order valence-corrected chi connectivity index (χ2v) is 7.64. The first-order valence-corrected chi connectivity index (χ1v) is 9.84. The van der Waals surface area contributed by atoms with Crippen LogP contribution in [-0.2, 0) is 11.3 Å². The summed E-state index contributed by atoms with van der Waals surface area (Å²) in [6.45, 7) is 3.31. The van der Waals surface area contributed by atoms with Gasteiger partial charge in [0.15, 0.2) is 0 Å². The highest BCUT2D eigenvalue weighted by Crippen LogP contribution is 2.26. The molecule has 0 radical (unpaired) electrons. The molecule has 158 valence electrons. The molecule has 0 saturated carbocycles. The smallest absolute Gasteiger partial charge is 0.306 e. The van der Waals surface area contributed by atoms with Gasteiger partial charge in [0.25, 0.3) is 11.6 Å². The highest BCUT2D eigenvalue weighted by Gasteiger charge is 2.25. The van der Waals surface area contributed by atoms with Crippen LogP contribution < -0.4 is 4.90 Å². The van der Waals surface area contributed by atoms with Gasteiger partial charge in [-0.15, -0.1) is 0 Å². The fourth-order valence-electron chi connectivity index (χ4n) is 3.84. The number of benzene rings is 2. The van der Waals surface area contributed by atoms with Gasteiger partial charge in [0.2, 0.25) is 0 Å². The van der Waals surface area contributed by atoms with Crippen LogP contribution in [-0.4, -0.2) is 46.9 Å². The van der Waals surface area contributed by atoms with Crippen molar-refractivity contribution in [2.75, 3.05) is 25.0 Å². The zero-order chi connectivity index (χ0) is 21.8. The zero-order valence-corrected chi connectivity index (χ0v) is 17.1. The first kappa shape index (κ1) is 21.3. The van der Waals surface area contributed by atoms with Gasteiger partial charge in [-0.05, 0) is 43.5 Å². The van der Waals surface area contributed by atoms with E-state index in [1.165, 1.54) is 12.1 Å². The van der Waals surface area contributed by atoms with Crippen LogP contribution in [0.15, 0.2) is 42.5 Å². The summed E-state index contributed by atoms with van der Waals surface area (Å²) in [4.78, 5) is 38.4. The number of nitro benzene ring substituents is 1. The predicted octanol–water partition coefficient (Wildman–Crippen LogP) is 3.48. The first-order chi connectivity index (χ1) is 14.3. The number of anilines is 1. The van der Waals surface area contributed by atoms with Gasteiger partial charge < -0.3 is 14.9 Å². The monoisotopic (exact) mass is 411 g/mol. The minimum Gasteiger partial charge on any atom is -0.481 e. The van der Waals surface area contributed by atoms with Gasteiger partial charge in [0, 0.05) is 49.6 Å². The standard InChI is InChI=1S/C22H25N3O5/c1-15-19(7-4-8-20(15)25(29)30)21(26)23(2)14-16-5-3-6-18(13-16)24-11-9-17(10-12-24)22(27)28/h3-8,13,17H,9-12,14H2,1-2H3,(H,27,28). The molecule has 0 aliphatic carbocycles. The summed E-state index contributed by atoms with van der Waals surface area (Å²) in [5.41, 5.74) is 2.55. The van der Waals surface area contributed by atoms with Crippen LogP contribution in [0.25, 0.3) is 0 Å². The topological polar surface area (TPSA) is 104 Å². The zero-order valence-electron chi connectivity index (χ0n) is 17.1. The Balaban J connectivity index is 1.71. The number of hydrogen-bond donors (Lipinski definition) is 1. The Labute approximate surface area is 174 Å². The van der Waals surface area contributed by atoms with Gasteiger partial charge in [-0.2, -0.15) is 0 Å². The Morgan fingerprint density at radius 3 is 2.50 bits per heavy atom. The third-order valence-electron chi connectivity index (χ3n) is 5.62. The Kier molecular flexibility index (Phi) is 6.34. The maximum absolute atomic E-state index is 12.9. The summed E-state index contributed by atoms with van der Waals surface area (Å²) >= 11 is 0. The quantitative estimate of drug-likeness (QED) is 0.576. The molecule has 8 heteroatoms. The number of aliphatic carboxylic acids is 1. The van der Waals surface area contributed by atoms with Crippen molar-refractivity contribution in [3.8, 4) is 0 Å². The molecule has 0 unspecified atom stereocenters. The minimum atomic E-state index is -0.736. The average molecular weight is 411 g/mol. The lowest BCUT2D eigenvalue weighted by Gasteiger charge is -2.32. The Bertz CT molecular complexity index is 967. The van der Waals surface area contributed by atoms with Gasteiger partial charge in [0.1, 0.15) is 0 Å². The van der Waals surface area contributed by atoms with Crippen molar-refractivity contribution < 1.29 is 19.6 Å². The molecule has 1 saturated heterocycles. The molecule has 1 aliphatic rings. The van der Waals surface area contributed by atoms with E-state index in [1.807, 2.05) is 24.3 Å². The highest BCUT2D eigenvalue weighted by molar-refractivity contribution is 5.96. The van der Waals surface area contributed by atoms with E-state index in [9.17, 15) is 19.7 Å². The van der Waals surface area contributed by atoms with Gasteiger partial charge >= 0.3 is 5.97 Å². The number of carbonyl (C=O) groups excluding carboxylic acids is 1. The van der Waals surface area contributed by atoms with Crippen molar-refractivity contribution >= 4 is 23.3 Å². The van der Waals surface area contributed by atoms with Crippen molar-refractivity contribution in [3.63, 3.8) is 0 Å². The summed E-state index contributed by atoms with van der Waals surface area (Å²) in [5.74, 6) is -1.30. The molecular formula is C22H25N3O5. The number of nitrogens with zero attached hydrogens (tertiary/aromatic N) is 3. The number of hydrogen-bond acceptors (Lipinski definition) is 5. The number of piperidine rings is 1. The fraction of sp³-hybridized carbons (Fsp3) is 0.364. The number of nitro groups is 1. The molecule has 0 spiro atoms. The maximum atomic E-state index is 12.9. The van der Waals surface area contributed by atoms with Crippen LogP contribution in [0.4, 0.5) is 11.4 Å². The molecule has 2 aromatic carbocycles. The van der Waals surface area contributed by atoms with E-state index in [-0.39, 0.29) is 17.5 Å². The molecule has 0 aromatic heterocycles. The molecule has 8 nitrogen and oxygen atoms in total. The van der Waals surface area contributed by atoms with Gasteiger partial charge in [0.05, 0.1) is 10.8 Å². The molecule has 1 fully saturated rings. The molecule has 0 bridgehead atoms. The van der Waals surface area contributed by atoms with E-state index >= 15 is 0 Å². The molecule has 1 N–H and O–H groups in total. The molecule has 2 aromatic rings. The second-order valence-electron chi connectivity index (χ2n) is 7.64. The molecule has 1 amide bonds. The van der Waals surface area contributed by atoms with Crippen LogP contribution >= 0.6 is 0 Å². The highest BCUT2D eigenvalue weighted by atomic mass is 16.6. The number of amides is 1. The molecule has 1 aliphatic heterocycles. The lowest BCUT2D eigenvalue weighted by atomic mass is 9.96. The SMILES string of the molecule is Cc1c(C(=O)N(C)Cc2cccc(N3CCC(C(=O)O)CC3)c2)cccc1[N+](=O)[O-]. The van der Waals surface area contributed by atoms with Crippen LogP contribution in [0.5, 0.6) is 0 Å². The van der Waals surface area contributed by atoms with Crippen molar-refractivity contribution in [1.82, 2.24) is 4.90 Å². The Morgan fingerprint density at radius 1 is 1.20 bits per heavy atom. The average Bonchev–Trinajstić information content (AvgIpc) is 2.73. The number of carbonyl (C=O) groups is 2.